The van der Waals surface area contributed by atoms with Crippen LogP contribution >= 0.6 is 0 Å². The summed E-state index contributed by atoms with van der Waals surface area (Å²) in [7, 11) is 0. The molecule has 0 aliphatic heterocycles. The molecule has 0 fully saturated rings. The van der Waals surface area contributed by atoms with Gasteiger partial charge in [-0.2, -0.15) is 0 Å². The second-order valence-electron chi connectivity index (χ2n) is 4.69. The van der Waals surface area contributed by atoms with E-state index in [1.807, 2.05) is 30.3 Å². The fraction of sp³-hybridized carbons (Fsp3) is 0.625. The molecule has 0 saturated carbocycles. The highest BCUT2D eigenvalue weighted by atomic mass is 17.2. The van der Waals surface area contributed by atoms with Crippen molar-refractivity contribution in [1.29, 1.82) is 0 Å². The maximum absolute atomic E-state index is 5.17. The van der Waals surface area contributed by atoms with E-state index in [-0.39, 0.29) is 0 Å². The molecule has 0 amide bonds. The second-order valence-corrected chi connectivity index (χ2v) is 4.69. The first-order valence-electron chi connectivity index (χ1n) is 7.22. The van der Waals surface area contributed by atoms with Crippen molar-refractivity contribution in [3.8, 4) is 0 Å². The van der Waals surface area contributed by atoms with Crippen molar-refractivity contribution in [1.82, 2.24) is 0 Å². The van der Waals surface area contributed by atoms with E-state index in [1.54, 1.807) is 0 Å². The molecule has 0 unspecified atom stereocenters. The van der Waals surface area contributed by atoms with Crippen LogP contribution in [0.1, 0.15) is 57.4 Å². The van der Waals surface area contributed by atoms with Crippen LogP contribution in [-0.4, -0.2) is 6.61 Å². The fourth-order valence-electron chi connectivity index (χ4n) is 1.86. The van der Waals surface area contributed by atoms with Gasteiger partial charge in [0.25, 0.3) is 0 Å². The number of hydrogen-bond acceptors (Lipinski definition) is 2. The summed E-state index contributed by atoms with van der Waals surface area (Å²) in [4.78, 5) is 10.3. The topological polar surface area (TPSA) is 18.5 Å². The number of benzene rings is 1. The molecule has 0 aromatic heterocycles. The van der Waals surface area contributed by atoms with Gasteiger partial charge in [-0.3, -0.25) is 0 Å². The van der Waals surface area contributed by atoms with Crippen LogP contribution in [-0.2, 0) is 16.4 Å². The average molecular weight is 250 g/mol. The highest BCUT2D eigenvalue weighted by Gasteiger charge is 1.94. The standard InChI is InChI=1S/C16H26O2/c1-2-3-4-5-6-7-11-14-17-18-15-16-12-9-8-10-13-16/h8-10,12-13H,2-7,11,14-15H2,1H3. The lowest BCUT2D eigenvalue weighted by Crippen LogP contribution is -1.97. The smallest absolute Gasteiger partial charge is 0.107 e. The first kappa shape index (κ1) is 15.2. The first-order chi connectivity index (χ1) is 8.93. The van der Waals surface area contributed by atoms with Crippen molar-refractivity contribution in [2.24, 2.45) is 0 Å². The lowest BCUT2D eigenvalue weighted by molar-refractivity contribution is -0.304. The molecule has 102 valence electrons. The molecule has 0 heterocycles. The predicted octanol–water partition coefficient (Wildman–Crippen LogP) is 4.89. The van der Waals surface area contributed by atoms with Gasteiger partial charge in [0.05, 0.1) is 6.61 Å². The second kappa shape index (κ2) is 11.2. The van der Waals surface area contributed by atoms with E-state index < -0.39 is 0 Å². The molecule has 18 heavy (non-hydrogen) atoms. The fourth-order valence-corrected chi connectivity index (χ4v) is 1.86. The van der Waals surface area contributed by atoms with Gasteiger partial charge in [0.15, 0.2) is 0 Å². The predicted molar refractivity (Wildman–Crippen MR) is 75.2 cm³/mol. The van der Waals surface area contributed by atoms with E-state index >= 15 is 0 Å². The van der Waals surface area contributed by atoms with Crippen LogP contribution in [0.2, 0.25) is 0 Å². The first-order valence-corrected chi connectivity index (χ1v) is 7.22. The van der Waals surface area contributed by atoms with Crippen LogP contribution in [0.15, 0.2) is 30.3 Å². The lowest BCUT2D eigenvalue weighted by atomic mass is 10.1. The van der Waals surface area contributed by atoms with Gasteiger partial charge >= 0.3 is 0 Å². The number of unbranched alkanes of at least 4 members (excludes halogenated alkanes) is 6. The molecule has 0 aliphatic rings. The molecule has 0 radical (unpaired) electrons. The molecule has 1 aromatic carbocycles. The van der Waals surface area contributed by atoms with Gasteiger partial charge in [-0.05, 0) is 12.0 Å². The zero-order valence-electron chi connectivity index (χ0n) is 11.6. The van der Waals surface area contributed by atoms with Gasteiger partial charge in [0.2, 0.25) is 0 Å². The number of rotatable bonds is 11. The van der Waals surface area contributed by atoms with Crippen LogP contribution in [0, 0.1) is 0 Å². The summed E-state index contributed by atoms with van der Waals surface area (Å²) in [6, 6.07) is 10.1. The van der Waals surface area contributed by atoms with Gasteiger partial charge in [0.1, 0.15) is 6.61 Å². The van der Waals surface area contributed by atoms with Gasteiger partial charge in [-0.1, -0.05) is 75.8 Å². The van der Waals surface area contributed by atoms with Gasteiger partial charge in [-0.15, -0.1) is 0 Å². The molecule has 2 nitrogen and oxygen atoms in total. The zero-order valence-corrected chi connectivity index (χ0v) is 11.6. The Labute approximate surface area is 111 Å². The molecule has 1 aromatic rings. The van der Waals surface area contributed by atoms with E-state index in [0.29, 0.717) is 13.2 Å². The molecular weight excluding hydrogens is 224 g/mol. The summed E-state index contributed by atoms with van der Waals surface area (Å²) in [6.45, 7) is 3.50. The minimum atomic E-state index is 0.539. The van der Waals surface area contributed by atoms with Gasteiger partial charge in [0, 0.05) is 0 Å². The maximum Gasteiger partial charge on any atom is 0.107 e. The third kappa shape index (κ3) is 8.26. The molecule has 1 rings (SSSR count). The Hall–Kier alpha value is -0.860. The SMILES string of the molecule is CCCCCCCCCOOCc1ccccc1. The van der Waals surface area contributed by atoms with E-state index in [2.05, 4.69) is 6.92 Å². The Bertz CT molecular complexity index is 272. The number of hydrogen-bond donors (Lipinski definition) is 0. The molecule has 0 bridgehead atoms. The molecule has 2 heteroatoms. The summed E-state index contributed by atoms with van der Waals surface area (Å²) in [5.41, 5.74) is 1.15. The van der Waals surface area contributed by atoms with Crippen molar-refractivity contribution >= 4 is 0 Å². The molecule has 0 aliphatic carbocycles. The summed E-state index contributed by atoms with van der Waals surface area (Å²) in [5.74, 6) is 0. The zero-order chi connectivity index (χ0) is 12.9. The Morgan fingerprint density at radius 3 is 2.17 bits per heavy atom. The Kier molecular flexibility index (Phi) is 9.49. The van der Waals surface area contributed by atoms with Crippen LogP contribution in [0.25, 0.3) is 0 Å². The molecule has 0 atom stereocenters. The summed E-state index contributed by atoms with van der Waals surface area (Å²) < 4.78 is 0. The van der Waals surface area contributed by atoms with Crippen LogP contribution in [0.5, 0.6) is 0 Å². The van der Waals surface area contributed by atoms with E-state index in [4.69, 9.17) is 9.78 Å². The van der Waals surface area contributed by atoms with Gasteiger partial charge < -0.3 is 0 Å². The molecule has 0 spiro atoms. The van der Waals surface area contributed by atoms with Crippen molar-refractivity contribution in [3.63, 3.8) is 0 Å². The van der Waals surface area contributed by atoms with Crippen molar-refractivity contribution in [3.05, 3.63) is 35.9 Å². The third-order valence-corrected chi connectivity index (χ3v) is 2.98. The van der Waals surface area contributed by atoms with Crippen LogP contribution in [0.3, 0.4) is 0 Å². The third-order valence-electron chi connectivity index (χ3n) is 2.98. The molecular formula is C16H26O2. The Balaban J connectivity index is 1.82. The summed E-state index contributed by atoms with van der Waals surface area (Å²) in [5, 5.41) is 0. The largest absolute Gasteiger partial charge is 0.236 e. The molecule has 0 saturated heterocycles. The quantitative estimate of drug-likeness (QED) is 0.316. The van der Waals surface area contributed by atoms with E-state index in [9.17, 15) is 0 Å². The van der Waals surface area contributed by atoms with Gasteiger partial charge in [-0.25, -0.2) is 9.78 Å². The normalized spacial score (nSPS) is 10.7. The monoisotopic (exact) mass is 250 g/mol. The summed E-state index contributed by atoms with van der Waals surface area (Å²) >= 11 is 0. The molecule has 0 N–H and O–H groups in total. The highest BCUT2D eigenvalue weighted by Crippen LogP contribution is 2.07. The van der Waals surface area contributed by atoms with Crippen molar-refractivity contribution < 1.29 is 9.78 Å². The van der Waals surface area contributed by atoms with Crippen LogP contribution in [0.4, 0.5) is 0 Å². The van der Waals surface area contributed by atoms with E-state index in [1.165, 1.54) is 38.5 Å². The summed E-state index contributed by atoms with van der Waals surface area (Å²) in [6.07, 6.45) is 9.09. The van der Waals surface area contributed by atoms with Crippen molar-refractivity contribution in [2.75, 3.05) is 6.61 Å². The average Bonchev–Trinajstić information content (AvgIpc) is 2.42. The highest BCUT2D eigenvalue weighted by molar-refractivity contribution is 5.13. The lowest BCUT2D eigenvalue weighted by Gasteiger charge is -2.04. The minimum absolute atomic E-state index is 0.539. The Morgan fingerprint density at radius 2 is 1.44 bits per heavy atom. The Morgan fingerprint density at radius 1 is 0.778 bits per heavy atom. The maximum atomic E-state index is 5.17. The van der Waals surface area contributed by atoms with E-state index in [0.717, 1.165) is 12.0 Å². The van der Waals surface area contributed by atoms with Crippen molar-refractivity contribution in [2.45, 2.75) is 58.5 Å². The van der Waals surface area contributed by atoms with Crippen LogP contribution < -0.4 is 0 Å². The minimum Gasteiger partial charge on any atom is -0.236 e.